The van der Waals surface area contributed by atoms with Gasteiger partial charge >= 0.3 is 0 Å². The van der Waals surface area contributed by atoms with Gasteiger partial charge in [-0.05, 0) is 35.9 Å². The lowest BCUT2D eigenvalue weighted by Gasteiger charge is -2.10. The number of rotatable bonds is 0. The van der Waals surface area contributed by atoms with Gasteiger partial charge in [-0.25, -0.2) is 13.4 Å². The van der Waals surface area contributed by atoms with Crippen molar-refractivity contribution in [1.29, 1.82) is 0 Å². The third-order valence-electron chi connectivity index (χ3n) is 3.74. The van der Waals surface area contributed by atoms with Crippen LogP contribution in [0.2, 0.25) is 5.02 Å². The summed E-state index contributed by atoms with van der Waals surface area (Å²) in [7, 11) is -3.48. The molecule has 2 aromatic carbocycles. The Morgan fingerprint density at radius 3 is 2.60 bits per heavy atom. The number of aromatic nitrogens is 2. The van der Waals surface area contributed by atoms with Crippen molar-refractivity contribution in [2.45, 2.75) is 10.6 Å². The summed E-state index contributed by atoms with van der Waals surface area (Å²) >= 11 is 6.17. The molecule has 0 atom stereocenters. The van der Waals surface area contributed by atoms with Gasteiger partial charge in [-0.15, -0.1) is 0 Å². The van der Waals surface area contributed by atoms with Crippen molar-refractivity contribution < 1.29 is 8.42 Å². The Balaban J connectivity index is 1.92. The van der Waals surface area contributed by atoms with Crippen LogP contribution in [0.15, 0.2) is 59.6 Å². The van der Waals surface area contributed by atoms with E-state index in [1.165, 1.54) is 6.20 Å². The molecule has 1 aromatic heterocycles. The van der Waals surface area contributed by atoms with Crippen molar-refractivity contribution in [3.05, 3.63) is 65.3 Å². The molecule has 1 aliphatic heterocycles. The molecular formula is C17H13ClN4O2S. The molecule has 0 saturated heterocycles. The van der Waals surface area contributed by atoms with Crippen LogP contribution in [0.25, 0.3) is 0 Å². The normalized spacial score (nSPS) is 14.9. The number of nitrogens with zero attached hydrogens (tertiary/aromatic N) is 2. The van der Waals surface area contributed by atoms with Crippen LogP contribution in [-0.4, -0.2) is 18.4 Å². The van der Waals surface area contributed by atoms with Crippen molar-refractivity contribution >= 4 is 44.6 Å². The zero-order chi connectivity index (χ0) is 17.4. The summed E-state index contributed by atoms with van der Waals surface area (Å²) < 4.78 is 25.4. The van der Waals surface area contributed by atoms with Crippen LogP contribution in [0.3, 0.4) is 0 Å². The molecule has 0 unspecified atom stereocenters. The van der Waals surface area contributed by atoms with Gasteiger partial charge in [-0.1, -0.05) is 29.8 Å². The van der Waals surface area contributed by atoms with Gasteiger partial charge in [-0.2, -0.15) is 4.98 Å². The van der Waals surface area contributed by atoms with Gasteiger partial charge < -0.3 is 10.6 Å². The van der Waals surface area contributed by atoms with Crippen molar-refractivity contribution in [2.75, 3.05) is 10.6 Å². The van der Waals surface area contributed by atoms with Crippen molar-refractivity contribution in [2.24, 2.45) is 0 Å². The van der Waals surface area contributed by atoms with Crippen LogP contribution in [0, 0.1) is 0 Å². The molecule has 2 heterocycles. The van der Waals surface area contributed by atoms with Crippen LogP contribution >= 0.6 is 11.6 Å². The number of anilines is 4. The summed E-state index contributed by atoms with van der Waals surface area (Å²) in [4.78, 5) is 8.74. The third kappa shape index (κ3) is 3.29. The molecule has 0 fully saturated rings. The molecule has 0 aliphatic carbocycles. The lowest BCUT2D eigenvalue weighted by Crippen LogP contribution is -2.05. The first-order valence-electron chi connectivity index (χ1n) is 7.48. The highest BCUT2D eigenvalue weighted by atomic mass is 35.5. The fourth-order valence-electron chi connectivity index (χ4n) is 2.59. The molecule has 6 bridgehead atoms. The van der Waals surface area contributed by atoms with Crippen molar-refractivity contribution in [3.63, 3.8) is 0 Å². The minimum Gasteiger partial charge on any atom is -0.339 e. The second-order valence-corrected chi connectivity index (χ2v) is 8.02. The van der Waals surface area contributed by atoms with Gasteiger partial charge in [0.05, 0.1) is 16.8 Å². The SMILES string of the molecule is O=S1(=O)Cc2cccc(c2)Nc2nc(ncc2Cl)Nc2cccc1c2. The van der Waals surface area contributed by atoms with Gasteiger partial charge in [0, 0.05) is 11.4 Å². The predicted molar refractivity (Wildman–Crippen MR) is 97.4 cm³/mol. The number of nitrogens with one attached hydrogen (secondary N) is 2. The summed E-state index contributed by atoms with van der Waals surface area (Å²) in [5.41, 5.74) is 1.96. The van der Waals surface area contributed by atoms with Crippen molar-refractivity contribution in [1.82, 2.24) is 9.97 Å². The van der Waals surface area contributed by atoms with Crippen molar-refractivity contribution in [3.8, 4) is 0 Å². The van der Waals surface area contributed by atoms with E-state index in [-0.39, 0.29) is 10.6 Å². The predicted octanol–water partition coefficient (Wildman–Crippen LogP) is 3.90. The highest BCUT2D eigenvalue weighted by molar-refractivity contribution is 7.90. The highest BCUT2D eigenvalue weighted by Gasteiger charge is 2.17. The van der Waals surface area contributed by atoms with Crippen LogP contribution in [0.4, 0.5) is 23.1 Å². The summed E-state index contributed by atoms with van der Waals surface area (Å²) in [5, 5.41) is 6.48. The van der Waals surface area contributed by atoms with Gasteiger partial charge in [-0.3, -0.25) is 0 Å². The first-order chi connectivity index (χ1) is 12.0. The zero-order valence-electron chi connectivity index (χ0n) is 12.9. The monoisotopic (exact) mass is 372 g/mol. The van der Waals surface area contributed by atoms with E-state index in [1.807, 2.05) is 6.07 Å². The average Bonchev–Trinajstić information content (AvgIpc) is 2.58. The van der Waals surface area contributed by atoms with Gasteiger partial charge in [0.15, 0.2) is 15.7 Å². The number of hydrogen-bond acceptors (Lipinski definition) is 6. The van der Waals surface area contributed by atoms with Gasteiger partial charge in [0.1, 0.15) is 5.02 Å². The minimum absolute atomic E-state index is 0.0943. The maximum Gasteiger partial charge on any atom is 0.229 e. The minimum atomic E-state index is -3.48. The van der Waals surface area contributed by atoms with Gasteiger partial charge in [0.25, 0.3) is 0 Å². The Hall–Kier alpha value is -2.64. The molecule has 1 aliphatic rings. The van der Waals surface area contributed by atoms with Crippen LogP contribution in [0.1, 0.15) is 5.56 Å². The Labute approximate surface area is 149 Å². The molecular weight excluding hydrogens is 360 g/mol. The Morgan fingerprint density at radius 2 is 1.76 bits per heavy atom. The zero-order valence-corrected chi connectivity index (χ0v) is 14.5. The fourth-order valence-corrected chi connectivity index (χ4v) is 4.11. The lowest BCUT2D eigenvalue weighted by atomic mass is 10.2. The van der Waals surface area contributed by atoms with E-state index in [2.05, 4.69) is 20.6 Å². The van der Waals surface area contributed by atoms with E-state index in [0.717, 1.165) is 0 Å². The molecule has 2 N–H and O–H groups in total. The standard InChI is InChI=1S/C17H13ClN4O2S/c18-15-9-19-17-21-13-5-2-6-14(8-13)25(23,24)10-11-3-1-4-12(7-11)20-16(15)22-17/h1-9H,10H2,(H2,19,20,21,22). The summed E-state index contributed by atoms with van der Waals surface area (Å²) in [5.74, 6) is 0.662. The second-order valence-electron chi connectivity index (χ2n) is 5.63. The Morgan fingerprint density at radius 1 is 1.00 bits per heavy atom. The van der Waals surface area contributed by atoms with E-state index in [4.69, 9.17) is 11.6 Å². The second kappa shape index (κ2) is 6.02. The number of hydrogen-bond donors (Lipinski definition) is 2. The molecule has 126 valence electrons. The summed E-state index contributed by atoms with van der Waals surface area (Å²) in [6, 6.07) is 13.7. The Kier molecular flexibility index (Phi) is 3.82. The van der Waals surface area contributed by atoms with E-state index < -0.39 is 9.84 Å². The maximum atomic E-state index is 12.7. The lowest BCUT2D eigenvalue weighted by molar-refractivity contribution is 0.595. The van der Waals surface area contributed by atoms with Crippen LogP contribution < -0.4 is 10.6 Å². The summed E-state index contributed by atoms with van der Waals surface area (Å²) in [6.45, 7) is 0. The molecule has 25 heavy (non-hydrogen) atoms. The van der Waals surface area contributed by atoms with E-state index in [9.17, 15) is 8.42 Å². The fraction of sp³-hybridized carbons (Fsp3) is 0.0588. The number of fused-ring (bicyclic) bond motifs is 6. The molecule has 0 saturated carbocycles. The average molecular weight is 373 g/mol. The largest absolute Gasteiger partial charge is 0.339 e. The molecule has 4 rings (SSSR count). The first kappa shape index (κ1) is 15.9. The van der Waals surface area contributed by atoms with Crippen LogP contribution in [0.5, 0.6) is 0 Å². The number of sulfone groups is 1. The Bertz CT molecular complexity index is 1070. The van der Waals surface area contributed by atoms with E-state index in [1.54, 1.807) is 42.5 Å². The number of halogens is 1. The van der Waals surface area contributed by atoms with E-state index >= 15 is 0 Å². The van der Waals surface area contributed by atoms with Crippen LogP contribution in [-0.2, 0) is 15.6 Å². The smallest absolute Gasteiger partial charge is 0.229 e. The highest BCUT2D eigenvalue weighted by Crippen LogP contribution is 2.28. The molecule has 0 amide bonds. The molecule has 3 aromatic rings. The quantitative estimate of drug-likeness (QED) is 0.622. The topological polar surface area (TPSA) is 84.0 Å². The molecule has 0 radical (unpaired) electrons. The van der Waals surface area contributed by atoms with E-state index in [0.29, 0.717) is 33.7 Å². The number of benzene rings is 2. The molecule has 8 heteroatoms. The summed E-state index contributed by atoms with van der Waals surface area (Å²) in [6.07, 6.45) is 1.49. The first-order valence-corrected chi connectivity index (χ1v) is 9.51. The molecule has 6 nitrogen and oxygen atoms in total. The maximum absolute atomic E-state index is 12.7. The molecule has 0 spiro atoms. The third-order valence-corrected chi connectivity index (χ3v) is 5.70. The van der Waals surface area contributed by atoms with Gasteiger partial charge in [0.2, 0.25) is 5.95 Å².